The summed E-state index contributed by atoms with van der Waals surface area (Å²) in [5, 5.41) is 0. The molecule has 5 heteroatoms. The van der Waals surface area contributed by atoms with Crippen LogP contribution >= 0.6 is 0 Å². The number of likely N-dealkylation sites (N-methyl/N-ethyl adjacent to an activating group) is 1. The largest absolute Gasteiger partial charge is 0.347 e. The molecule has 0 aliphatic heterocycles. The monoisotopic (exact) mass is 348 g/mol. The molecule has 3 aromatic rings. The maximum Gasteiger partial charge on any atom is 0.237 e. The van der Waals surface area contributed by atoms with Crippen molar-refractivity contribution in [2.24, 2.45) is 0 Å². The summed E-state index contributed by atoms with van der Waals surface area (Å²) in [6.07, 6.45) is 3.48. The lowest BCUT2D eigenvalue weighted by atomic mass is 10.0. The molecule has 0 saturated heterocycles. The first kappa shape index (κ1) is 17.9. The molecule has 0 aliphatic rings. The maximum absolute atomic E-state index is 12.6. The van der Waals surface area contributed by atoms with E-state index in [0.29, 0.717) is 19.6 Å². The lowest BCUT2D eigenvalue weighted by Gasteiger charge is -2.23. The Morgan fingerprint density at radius 3 is 2.27 bits per heavy atom. The Labute approximate surface area is 154 Å². The van der Waals surface area contributed by atoms with Crippen LogP contribution < -0.4 is 0 Å². The minimum absolute atomic E-state index is 0.0820. The molecule has 0 atom stereocenters. The zero-order valence-electron chi connectivity index (χ0n) is 15.2. The number of H-pyrrole nitrogens is 1. The van der Waals surface area contributed by atoms with Crippen molar-refractivity contribution in [2.75, 3.05) is 20.6 Å². The number of aromatic amines is 1. The Morgan fingerprint density at radius 1 is 0.962 bits per heavy atom. The molecule has 0 saturated carbocycles. The van der Waals surface area contributed by atoms with Gasteiger partial charge in [0.1, 0.15) is 5.82 Å². The van der Waals surface area contributed by atoms with Gasteiger partial charge in [-0.2, -0.15) is 0 Å². The van der Waals surface area contributed by atoms with Crippen LogP contribution in [0.25, 0.3) is 11.1 Å². The molecule has 0 spiro atoms. The van der Waals surface area contributed by atoms with E-state index in [1.807, 2.05) is 42.1 Å². The lowest BCUT2D eigenvalue weighted by molar-refractivity contribution is -0.133. The summed E-state index contributed by atoms with van der Waals surface area (Å²) in [7, 11) is 3.80. The summed E-state index contributed by atoms with van der Waals surface area (Å²) < 4.78 is 0. The van der Waals surface area contributed by atoms with Gasteiger partial charge in [-0.15, -0.1) is 0 Å². The van der Waals surface area contributed by atoms with Crippen LogP contribution in [0.3, 0.4) is 0 Å². The van der Waals surface area contributed by atoms with Crippen molar-refractivity contribution in [3.05, 3.63) is 78.4 Å². The van der Waals surface area contributed by atoms with Crippen LogP contribution in [-0.4, -0.2) is 46.3 Å². The van der Waals surface area contributed by atoms with Gasteiger partial charge in [-0.1, -0.05) is 54.6 Å². The molecular formula is C21H24N4O. The summed E-state index contributed by atoms with van der Waals surface area (Å²) >= 11 is 0. The van der Waals surface area contributed by atoms with E-state index in [2.05, 4.69) is 46.4 Å². The number of hydrogen-bond donors (Lipinski definition) is 1. The summed E-state index contributed by atoms with van der Waals surface area (Å²) in [6.45, 7) is 1.41. The molecule has 1 aromatic heterocycles. The molecule has 1 heterocycles. The first-order valence-electron chi connectivity index (χ1n) is 8.67. The fraction of sp³-hybridized carbons (Fsp3) is 0.238. The second-order valence-corrected chi connectivity index (χ2v) is 6.59. The topological polar surface area (TPSA) is 52.2 Å². The fourth-order valence-electron chi connectivity index (χ4n) is 2.82. The second kappa shape index (κ2) is 8.45. The molecule has 26 heavy (non-hydrogen) atoms. The zero-order chi connectivity index (χ0) is 18.4. The van der Waals surface area contributed by atoms with Crippen LogP contribution in [0.5, 0.6) is 0 Å². The number of nitrogens with zero attached hydrogens (tertiary/aromatic N) is 3. The number of benzene rings is 2. The number of carbonyl (C=O) groups is 1. The van der Waals surface area contributed by atoms with Gasteiger partial charge in [0.05, 0.1) is 13.1 Å². The van der Waals surface area contributed by atoms with Gasteiger partial charge in [0.15, 0.2) is 0 Å². The Hall–Kier alpha value is -2.92. The van der Waals surface area contributed by atoms with E-state index in [4.69, 9.17) is 0 Å². The third kappa shape index (κ3) is 4.80. The van der Waals surface area contributed by atoms with Crippen LogP contribution in [0, 0.1) is 0 Å². The van der Waals surface area contributed by atoms with E-state index in [1.54, 1.807) is 12.4 Å². The Kier molecular flexibility index (Phi) is 5.81. The first-order valence-corrected chi connectivity index (χ1v) is 8.67. The Bertz CT molecular complexity index is 811. The minimum Gasteiger partial charge on any atom is -0.347 e. The number of imidazole rings is 1. The lowest BCUT2D eigenvalue weighted by Crippen LogP contribution is -2.37. The highest BCUT2D eigenvalue weighted by Gasteiger charge is 2.16. The summed E-state index contributed by atoms with van der Waals surface area (Å²) in [6, 6.07) is 18.7. The van der Waals surface area contributed by atoms with Crippen molar-refractivity contribution in [3.8, 4) is 11.1 Å². The maximum atomic E-state index is 12.6. The van der Waals surface area contributed by atoms with Crippen LogP contribution in [0.1, 0.15) is 11.4 Å². The molecule has 0 fully saturated rings. The standard InChI is InChI=1S/C21H24N4O/c1-24(2)16-21(26)25(15-20-22-12-13-23-20)14-17-8-10-19(11-9-17)18-6-4-3-5-7-18/h3-13H,14-16H2,1-2H3,(H,22,23). The van der Waals surface area contributed by atoms with Gasteiger partial charge >= 0.3 is 0 Å². The number of nitrogens with one attached hydrogen (secondary N) is 1. The number of hydrogen-bond acceptors (Lipinski definition) is 3. The molecule has 0 aliphatic carbocycles. The van der Waals surface area contributed by atoms with E-state index in [-0.39, 0.29) is 5.91 Å². The Balaban J connectivity index is 1.74. The van der Waals surface area contributed by atoms with Gasteiger partial charge in [-0.3, -0.25) is 4.79 Å². The van der Waals surface area contributed by atoms with Gasteiger partial charge < -0.3 is 14.8 Å². The molecule has 134 valence electrons. The van der Waals surface area contributed by atoms with Crippen LogP contribution in [0.2, 0.25) is 0 Å². The summed E-state index contributed by atoms with van der Waals surface area (Å²) in [5.41, 5.74) is 3.46. The third-order valence-corrected chi connectivity index (χ3v) is 4.13. The third-order valence-electron chi connectivity index (χ3n) is 4.13. The van der Waals surface area contributed by atoms with Crippen LogP contribution in [0.4, 0.5) is 0 Å². The van der Waals surface area contributed by atoms with Crippen molar-refractivity contribution >= 4 is 5.91 Å². The number of carbonyl (C=O) groups excluding carboxylic acids is 1. The van der Waals surface area contributed by atoms with Gasteiger partial charge in [0, 0.05) is 18.9 Å². The fourth-order valence-corrected chi connectivity index (χ4v) is 2.82. The smallest absolute Gasteiger partial charge is 0.237 e. The number of amides is 1. The summed E-state index contributed by atoms with van der Waals surface area (Å²) in [4.78, 5) is 23.7. The number of rotatable bonds is 7. The van der Waals surface area contributed by atoms with Crippen molar-refractivity contribution < 1.29 is 4.79 Å². The SMILES string of the molecule is CN(C)CC(=O)N(Cc1ccc(-c2ccccc2)cc1)Cc1ncc[nH]1. The van der Waals surface area contributed by atoms with Crippen molar-refractivity contribution in [1.82, 2.24) is 19.8 Å². The molecular weight excluding hydrogens is 324 g/mol. The van der Waals surface area contributed by atoms with E-state index < -0.39 is 0 Å². The molecule has 5 nitrogen and oxygen atoms in total. The van der Waals surface area contributed by atoms with Gasteiger partial charge in [-0.25, -0.2) is 4.98 Å². The van der Waals surface area contributed by atoms with E-state index in [1.165, 1.54) is 11.1 Å². The van der Waals surface area contributed by atoms with E-state index >= 15 is 0 Å². The molecule has 3 rings (SSSR count). The van der Waals surface area contributed by atoms with Crippen molar-refractivity contribution in [2.45, 2.75) is 13.1 Å². The predicted molar refractivity (Wildman–Crippen MR) is 103 cm³/mol. The van der Waals surface area contributed by atoms with E-state index in [9.17, 15) is 4.79 Å². The average molecular weight is 348 g/mol. The molecule has 1 N–H and O–H groups in total. The second-order valence-electron chi connectivity index (χ2n) is 6.59. The molecule has 0 unspecified atom stereocenters. The average Bonchev–Trinajstić information content (AvgIpc) is 3.15. The van der Waals surface area contributed by atoms with E-state index in [0.717, 1.165) is 11.4 Å². The van der Waals surface area contributed by atoms with Crippen molar-refractivity contribution in [1.29, 1.82) is 0 Å². The number of aromatic nitrogens is 2. The van der Waals surface area contributed by atoms with Crippen molar-refractivity contribution in [3.63, 3.8) is 0 Å². The molecule has 0 radical (unpaired) electrons. The Morgan fingerprint density at radius 2 is 1.65 bits per heavy atom. The van der Waals surface area contributed by atoms with Gasteiger partial charge in [0.2, 0.25) is 5.91 Å². The normalized spacial score (nSPS) is 10.9. The zero-order valence-corrected chi connectivity index (χ0v) is 15.2. The molecule has 0 bridgehead atoms. The van der Waals surface area contributed by atoms with Crippen LogP contribution in [0.15, 0.2) is 67.0 Å². The first-order chi connectivity index (χ1) is 12.6. The van der Waals surface area contributed by atoms with Gasteiger partial charge in [-0.05, 0) is 30.8 Å². The predicted octanol–water partition coefficient (Wildman–Crippen LogP) is 3.17. The molecule has 1 amide bonds. The summed E-state index contributed by atoms with van der Waals surface area (Å²) in [5.74, 6) is 0.872. The highest BCUT2D eigenvalue weighted by atomic mass is 16.2. The van der Waals surface area contributed by atoms with Gasteiger partial charge in [0.25, 0.3) is 0 Å². The highest BCUT2D eigenvalue weighted by Crippen LogP contribution is 2.20. The highest BCUT2D eigenvalue weighted by molar-refractivity contribution is 5.78. The quantitative estimate of drug-likeness (QED) is 0.713. The van der Waals surface area contributed by atoms with Crippen LogP contribution in [-0.2, 0) is 17.9 Å². The minimum atomic E-state index is 0.0820. The molecule has 2 aromatic carbocycles.